The van der Waals surface area contributed by atoms with Crippen LogP contribution < -0.4 is 0 Å². The zero-order chi connectivity index (χ0) is 11.3. The van der Waals surface area contributed by atoms with Gasteiger partial charge in [0.1, 0.15) is 11.5 Å². The van der Waals surface area contributed by atoms with E-state index in [1.165, 1.54) is 0 Å². The largest absolute Gasteiger partial charge is 0.360 e. The molecule has 0 radical (unpaired) electrons. The summed E-state index contributed by atoms with van der Waals surface area (Å²) in [6.45, 7) is 6.03. The molecule has 0 aliphatic rings. The molecule has 0 aliphatic carbocycles. The van der Waals surface area contributed by atoms with Gasteiger partial charge in [-0.3, -0.25) is 4.79 Å². The number of Topliss-reactive ketones (excluding diaryl/α,β-unsaturated/α-hetero) is 1. The first-order valence-corrected chi connectivity index (χ1v) is 5.64. The first-order valence-electron chi connectivity index (χ1n) is 5.64. The van der Waals surface area contributed by atoms with Crippen molar-refractivity contribution in [2.75, 3.05) is 0 Å². The molecule has 15 heavy (non-hydrogen) atoms. The Balaban J connectivity index is 2.71. The first-order chi connectivity index (χ1) is 7.20. The molecule has 3 heteroatoms. The van der Waals surface area contributed by atoms with E-state index in [1.54, 1.807) is 6.20 Å². The van der Waals surface area contributed by atoms with Crippen molar-refractivity contribution in [3.05, 3.63) is 17.5 Å². The second kappa shape index (κ2) is 5.69. The number of hydrogen-bond acceptors (Lipinski definition) is 3. The quantitative estimate of drug-likeness (QED) is 0.722. The number of hydrogen-bond donors (Lipinski definition) is 0. The summed E-state index contributed by atoms with van der Waals surface area (Å²) in [5.74, 6) is 0.928. The van der Waals surface area contributed by atoms with Gasteiger partial charge in [0.05, 0.1) is 12.1 Å². The third-order valence-electron chi connectivity index (χ3n) is 2.68. The minimum Gasteiger partial charge on any atom is -0.360 e. The summed E-state index contributed by atoms with van der Waals surface area (Å²) in [6, 6.07) is 0. The monoisotopic (exact) mass is 209 g/mol. The van der Waals surface area contributed by atoms with Crippen LogP contribution in [0, 0.1) is 6.92 Å². The Labute approximate surface area is 90.8 Å². The second-order valence-electron chi connectivity index (χ2n) is 3.90. The average molecular weight is 209 g/mol. The van der Waals surface area contributed by atoms with E-state index in [2.05, 4.69) is 12.1 Å². The van der Waals surface area contributed by atoms with Crippen molar-refractivity contribution >= 4 is 5.78 Å². The minimum atomic E-state index is -0.0981. The molecular formula is C12H19NO2. The maximum atomic E-state index is 11.9. The van der Waals surface area contributed by atoms with Crippen molar-refractivity contribution in [1.82, 2.24) is 5.16 Å². The lowest BCUT2D eigenvalue weighted by Crippen LogP contribution is -2.11. The number of aromatic nitrogens is 1. The summed E-state index contributed by atoms with van der Waals surface area (Å²) >= 11 is 0. The highest BCUT2D eigenvalue weighted by Gasteiger charge is 2.23. The average Bonchev–Trinajstić information content (AvgIpc) is 2.63. The van der Waals surface area contributed by atoms with E-state index in [-0.39, 0.29) is 11.7 Å². The Hall–Kier alpha value is -1.12. The summed E-state index contributed by atoms with van der Waals surface area (Å²) in [5, 5.41) is 3.73. The molecular weight excluding hydrogens is 190 g/mol. The fourth-order valence-electron chi connectivity index (χ4n) is 1.72. The summed E-state index contributed by atoms with van der Waals surface area (Å²) in [5.41, 5.74) is 0.978. The van der Waals surface area contributed by atoms with E-state index in [0.29, 0.717) is 6.42 Å². The van der Waals surface area contributed by atoms with Gasteiger partial charge < -0.3 is 4.52 Å². The molecule has 0 saturated carbocycles. The predicted molar refractivity (Wildman–Crippen MR) is 58.8 cm³/mol. The molecule has 1 atom stereocenters. The van der Waals surface area contributed by atoms with Gasteiger partial charge in [-0.15, -0.1) is 0 Å². The fourth-order valence-corrected chi connectivity index (χ4v) is 1.72. The molecule has 0 aliphatic heterocycles. The van der Waals surface area contributed by atoms with Gasteiger partial charge >= 0.3 is 0 Å². The van der Waals surface area contributed by atoms with Crippen LogP contribution in [0.2, 0.25) is 0 Å². The molecule has 0 spiro atoms. The lowest BCUT2D eigenvalue weighted by Gasteiger charge is -2.10. The van der Waals surface area contributed by atoms with E-state index >= 15 is 0 Å². The molecule has 0 bridgehead atoms. The Morgan fingerprint density at radius 3 is 2.73 bits per heavy atom. The number of carbonyl (C=O) groups is 1. The van der Waals surface area contributed by atoms with Gasteiger partial charge in [-0.1, -0.05) is 25.4 Å². The van der Waals surface area contributed by atoms with Gasteiger partial charge in [-0.2, -0.15) is 0 Å². The molecule has 1 aromatic rings. The van der Waals surface area contributed by atoms with Crippen molar-refractivity contribution < 1.29 is 9.32 Å². The topological polar surface area (TPSA) is 43.1 Å². The van der Waals surface area contributed by atoms with E-state index in [9.17, 15) is 4.79 Å². The Kier molecular flexibility index (Phi) is 4.53. The predicted octanol–water partition coefficient (Wildman–Crippen LogP) is 3.24. The van der Waals surface area contributed by atoms with Gasteiger partial charge in [-0.05, 0) is 19.8 Å². The standard InChI is InChI=1S/C12H19NO2/c1-4-6-7-11(14)10(5-2)12-9(3)8-13-15-12/h8,10H,4-7H2,1-3H3. The Morgan fingerprint density at radius 2 is 2.27 bits per heavy atom. The van der Waals surface area contributed by atoms with Crippen LogP contribution in [-0.2, 0) is 4.79 Å². The molecule has 84 valence electrons. The van der Waals surface area contributed by atoms with Crippen molar-refractivity contribution in [1.29, 1.82) is 0 Å². The number of ketones is 1. The zero-order valence-corrected chi connectivity index (χ0v) is 9.75. The molecule has 0 saturated heterocycles. The van der Waals surface area contributed by atoms with Gasteiger partial charge in [0.25, 0.3) is 0 Å². The van der Waals surface area contributed by atoms with Crippen LogP contribution >= 0.6 is 0 Å². The molecule has 1 heterocycles. The van der Waals surface area contributed by atoms with Crippen LogP contribution in [0.15, 0.2) is 10.7 Å². The maximum absolute atomic E-state index is 11.9. The van der Waals surface area contributed by atoms with Gasteiger partial charge in [0, 0.05) is 12.0 Å². The van der Waals surface area contributed by atoms with Gasteiger partial charge in [0.2, 0.25) is 0 Å². The lowest BCUT2D eigenvalue weighted by atomic mass is 9.93. The number of aryl methyl sites for hydroxylation is 1. The molecule has 3 nitrogen and oxygen atoms in total. The van der Waals surface area contributed by atoms with E-state index in [0.717, 1.165) is 30.6 Å². The highest BCUT2D eigenvalue weighted by molar-refractivity contribution is 5.85. The molecule has 1 aromatic heterocycles. The molecule has 0 fully saturated rings. The molecule has 0 aromatic carbocycles. The molecule has 0 N–H and O–H groups in total. The minimum absolute atomic E-state index is 0.0981. The highest BCUT2D eigenvalue weighted by Crippen LogP contribution is 2.25. The SMILES string of the molecule is CCCCC(=O)C(CC)c1oncc1C. The lowest BCUT2D eigenvalue weighted by molar-refractivity contribution is -0.121. The van der Waals surface area contributed by atoms with Crippen LogP contribution in [-0.4, -0.2) is 10.9 Å². The summed E-state index contributed by atoms with van der Waals surface area (Å²) < 4.78 is 5.15. The number of carbonyl (C=O) groups excluding carboxylic acids is 1. The summed E-state index contributed by atoms with van der Waals surface area (Å²) in [7, 11) is 0. The molecule has 1 unspecified atom stereocenters. The number of nitrogens with zero attached hydrogens (tertiary/aromatic N) is 1. The van der Waals surface area contributed by atoms with Gasteiger partial charge in [0.15, 0.2) is 0 Å². The van der Waals surface area contributed by atoms with Crippen LogP contribution in [0.4, 0.5) is 0 Å². The van der Waals surface area contributed by atoms with Crippen molar-refractivity contribution in [2.24, 2.45) is 0 Å². The molecule has 0 amide bonds. The van der Waals surface area contributed by atoms with E-state index < -0.39 is 0 Å². The van der Waals surface area contributed by atoms with Crippen LogP contribution in [0.25, 0.3) is 0 Å². The highest BCUT2D eigenvalue weighted by atomic mass is 16.5. The second-order valence-corrected chi connectivity index (χ2v) is 3.90. The van der Waals surface area contributed by atoms with Crippen LogP contribution in [0.1, 0.15) is 56.8 Å². The van der Waals surface area contributed by atoms with Gasteiger partial charge in [-0.25, -0.2) is 0 Å². The Morgan fingerprint density at radius 1 is 1.53 bits per heavy atom. The Bertz CT molecular complexity index is 317. The zero-order valence-electron chi connectivity index (χ0n) is 9.75. The van der Waals surface area contributed by atoms with Crippen molar-refractivity contribution in [2.45, 2.75) is 52.4 Å². The van der Waals surface area contributed by atoms with E-state index in [4.69, 9.17) is 4.52 Å². The summed E-state index contributed by atoms with van der Waals surface area (Å²) in [4.78, 5) is 11.9. The fraction of sp³-hybridized carbons (Fsp3) is 0.667. The third kappa shape index (κ3) is 2.91. The normalized spacial score (nSPS) is 12.7. The smallest absolute Gasteiger partial charge is 0.150 e. The first kappa shape index (κ1) is 12.0. The summed E-state index contributed by atoms with van der Waals surface area (Å²) in [6.07, 6.45) is 5.12. The maximum Gasteiger partial charge on any atom is 0.150 e. The van der Waals surface area contributed by atoms with Crippen molar-refractivity contribution in [3.8, 4) is 0 Å². The van der Waals surface area contributed by atoms with Crippen LogP contribution in [0.3, 0.4) is 0 Å². The molecule has 1 rings (SSSR count). The number of rotatable bonds is 6. The van der Waals surface area contributed by atoms with Crippen molar-refractivity contribution in [3.63, 3.8) is 0 Å². The third-order valence-corrected chi connectivity index (χ3v) is 2.68. The number of unbranched alkanes of at least 4 members (excludes halogenated alkanes) is 1. The van der Waals surface area contributed by atoms with E-state index in [1.807, 2.05) is 13.8 Å². The van der Waals surface area contributed by atoms with Crippen LogP contribution in [0.5, 0.6) is 0 Å².